The molecule has 0 saturated carbocycles. The second-order valence-corrected chi connectivity index (χ2v) is 4.91. The molecule has 88 valence electrons. The van der Waals surface area contributed by atoms with Gasteiger partial charge >= 0.3 is 0 Å². The SMILES string of the molecule is Cc1nc(NC(=O)Cc2ccccn2)sc1C. The zero-order chi connectivity index (χ0) is 12.3. The van der Waals surface area contributed by atoms with Crippen molar-refractivity contribution in [1.82, 2.24) is 9.97 Å². The number of aryl methyl sites for hydroxylation is 2. The summed E-state index contributed by atoms with van der Waals surface area (Å²) in [6.07, 6.45) is 1.96. The molecule has 0 unspecified atom stereocenters. The van der Waals surface area contributed by atoms with Gasteiger partial charge in [-0.1, -0.05) is 6.07 Å². The zero-order valence-electron chi connectivity index (χ0n) is 9.73. The molecule has 17 heavy (non-hydrogen) atoms. The molecule has 0 aliphatic carbocycles. The predicted octanol–water partition coefficient (Wildman–Crippen LogP) is 2.34. The minimum Gasteiger partial charge on any atom is -0.302 e. The Morgan fingerprint density at radius 2 is 2.24 bits per heavy atom. The maximum absolute atomic E-state index is 11.7. The summed E-state index contributed by atoms with van der Waals surface area (Å²) < 4.78 is 0. The summed E-state index contributed by atoms with van der Waals surface area (Å²) in [5.74, 6) is -0.0857. The number of nitrogens with zero attached hydrogens (tertiary/aromatic N) is 2. The maximum Gasteiger partial charge on any atom is 0.232 e. The molecule has 0 bridgehead atoms. The van der Waals surface area contributed by atoms with Crippen molar-refractivity contribution in [3.8, 4) is 0 Å². The molecule has 5 heteroatoms. The van der Waals surface area contributed by atoms with E-state index in [1.165, 1.54) is 11.3 Å². The first kappa shape index (κ1) is 11.7. The quantitative estimate of drug-likeness (QED) is 0.905. The first-order valence-electron chi connectivity index (χ1n) is 5.29. The fourth-order valence-electron chi connectivity index (χ4n) is 1.36. The number of pyridine rings is 1. The predicted molar refractivity (Wildman–Crippen MR) is 68.2 cm³/mol. The highest BCUT2D eigenvalue weighted by Gasteiger charge is 2.08. The molecule has 0 aliphatic rings. The van der Waals surface area contributed by atoms with E-state index in [2.05, 4.69) is 15.3 Å². The highest BCUT2D eigenvalue weighted by atomic mass is 32.1. The molecule has 0 fully saturated rings. The second-order valence-electron chi connectivity index (χ2n) is 3.71. The van der Waals surface area contributed by atoms with Crippen molar-refractivity contribution < 1.29 is 4.79 Å². The van der Waals surface area contributed by atoms with Gasteiger partial charge in [-0.05, 0) is 26.0 Å². The lowest BCUT2D eigenvalue weighted by molar-refractivity contribution is -0.115. The van der Waals surface area contributed by atoms with Gasteiger partial charge < -0.3 is 5.32 Å². The average Bonchev–Trinajstić information content (AvgIpc) is 2.59. The van der Waals surface area contributed by atoms with Gasteiger partial charge in [-0.3, -0.25) is 9.78 Å². The molecule has 4 nitrogen and oxygen atoms in total. The third-order valence-corrected chi connectivity index (χ3v) is 3.33. The molecule has 1 N–H and O–H groups in total. The Hall–Kier alpha value is -1.75. The van der Waals surface area contributed by atoms with Gasteiger partial charge in [0.1, 0.15) is 0 Å². The van der Waals surface area contributed by atoms with Gasteiger partial charge in [0.05, 0.1) is 12.1 Å². The van der Waals surface area contributed by atoms with Crippen LogP contribution in [0.5, 0.6) is 0 Å². The summed E-state index contributed by atoms with van der Waals surface area (Å²) in [5.41, 5.74) is 1.72. The number of carbonyl (C=O) groups excluding carboxylic acids is 1. The summed E-state index contributed by atoms with van der Waals surface area (Å²) in [7, 11) is 0. The first-order valence-corrected chi connectivity index (χ1v) is 6.10. The Morgan fingerprint density at radius 3 is 2.82 bits per heavy atom. The molecular weight excluding hydrogens is 234 g/mol. The van der Waals surface area contributed by atoms with E-state index in [1.54, 1.807) is 6.20 Å². The van der Waals surface area contributed by atoms with E-state index >= 15 is 0 Å². The third kappa shape index (κ3) is 3.10. The standard InChI is InChI=1S/C12H13N3OS/c1-8-9(2)17-12(14-8)15-11(16)7-10-5-3-4-6-13-10/h3-6H,7H2,1-2H3,(H,14,15,16). The van der Waals surface area contributed by atoms with Gasteiger partial charge in [0, 0.05) is 16.8 Å². The van der Waals surface area contributed by atoms with E-state index in [0.717, 1.165) is 16.3 Å². The number of aromatic nitrogens is 2. The number of nitrogens with one attached hydrogen (secondary N) is 1. The van der Waals surface area contributed by atoms with Crippen molar-refractivity contribution in [1.29, 1.82) is 0 Å². The molecule has 1 amide bonds. The van der Waals surface area contributed by atoms with Crippen LogP contribution in [0.3, 0.4) is 0 Å². The largest absolute Gasteiger partial charge is 0.302 e. The minimum atomic E-state index is -0.0857. The molecule has 0 saturated heterocycles. The molecule has 0 aliphatic heterocycles. The molecule has 2 heterocycles. The molecule has 2 aromatic heterocycles. The Bertz CT molecular complexity index is 502. The van der Waals surface area contributed by atoms with E-state index in [-0.39, 0.29) is 12.3 Å². The van der Waals surface area contributed by atoms with Crippen LogP contribution in [-0.2, 0) is 11.2 Å². The number of hydrogen-bond acceptors (Lipinski definition) is 4. The summed E-state index contributed by atoms with van der Waals surface area (Å²) in [4.78, 5) is 21.2. The fraction of sp³-hybridized carbons (Fsp3) is 0.250. The van der Waals surface area contributed by atoms with Crippen LogP contribution in [0.2, 0.25) is 0 Å². The molecular formula is C12H13N3OS. The number of amides is 1. The lowest BCUT2D eigenvalue weighted by Gasteiger charge is -2.00. The molecule has 0 aromatic carbocycles. The van der Waals surface area contributed by atoms with E-state index in [0.29, 0.717) is 5.13 Å². The van der Waals surface area contributed by atoms with Crippen molar-refractivity contribution in [2.24, 2.45) is 0 Å². The van der Waals surface area contributed by atoms with E-state index in [4.69, 9.17) is 0 Å². The fourth-order valence-corrected chi connectivity index (χ4v) is 2.19. The van der Waals surface area contributed by atoms with Gasteiger partial charge in [0.25, 0.3) is 0 Å². The van der Waals surface area contributed by atoms with Crippen molar-refractivity contribution in [3.05, 3.63) is 40.7 Å². The highest BCUT2D eigenvalue weighted by Crippen LogP contribution is 2.21. The van der Waals surface area contributed by atoms with Gasteiger partial charge in [0.2, 0.25) is 5.91 Å². The van der Waals surface area contributed by atoms with E-state index < -0.39 is 0 Å². The van der Waals surface area contributed by atoms with E-state index in [1.807, 2.05) is 32.0 Å². The topological polar surface area (TPSA) is 54.9 Å². The highest BCUT2D eigenvalue weighted by molar-refractivity contribution is 7.15. The molecule has 0 spiro atoms. The molecule has 2 rings (SSSR count). The van der Waals surface area contributed by atoms with Crippen LogP contribution in [-0.4, -0.2) is 15.9 Å². The van der Waals surface area contributed by atoms with Crippen LogP contribution in [0.4, 0.5) is 5.13 Å². The number of rotatable bonds is 3. The molecule has 2 aromatic rings. The van der Waals surface area contributed by atoms with Crippen LogP contribution in [0, 0.1) is 13.8 Å². The minimum absolute atomic E-state index is 0.0857. The van der Waals surface area contributed by atoms with Crippen molar-refractivity contribution >= 4 is 22.4 Å². The Morgan fingerprint density at radius 1 is 1.41 bits per heavy atom. The second kappa shape index (κ2) is 5.05. The maximum atomic E-state index is 11.7. The lowest BCUT2D eigenvalue weighted by atomic mass is 10.2. The number of carbonyl (C=O) groups is 1. The number of anilines is 1. The molecule has 0 atom stereocenters. The Balaban J connectivity index is 1.98. The summed E-state index contributed by atoms with van der Waals surface area (Å²) in [6, 6.07) is 5.53. The van der Waals surface area contributed by atoms with Gasteiger partial charge in [-0.2, -0.15) is 0 Å². The van der Waals surface area contributed by atoms with Crippen LogP contribution in [0.15, 0.2) is 24.4 Å². The third-order valence-electron chi connectivity index (χ3n) is 2.34. The van der Waals surface area contributed by atoms with Crippen molar-refractivity contribution in [3.63, 3.8) is 0 Å². The van der Waals surface area contributed by atoms with Crippen molar-refractivity contribution in [2.75, 3.05) is 5.32 Å². The normalized spacial score (nSPS) is 10.2. The van der Waals surface area contributed by atoms with Crippen molar-refractivity contribution in [2.45, 2.75) is 20.3 Å². The van der Waals surface area contributed by atoms with Gasteiger partial charge in [-0.15, -0.1) is 11.3 Å². The molecule has 0 radical (unpaired) electrons. The van der Waals surface area contributed by atoms with Crippen LogP contribution in [0.1, 0.15) is 16.3 Å². The van der Waals surface area contributed by atoms with Crippen LogP contribution < -0.4 is 5.32 Å². The number of hydrogen-bond donors (Lipinski definition) is 1. The van der Waals surface area contributed by atoms with Gasteiger partial charge in [-0.25, -0.2) is 4.98 Å². The Labute approximate surface area is 104 Å². The van der Waals surface area contributed by atoms with Crippen LogP contribution in [0.25, 0.3) is 0 Å². The Kier molecular flexibility index (Phi) is 3.49. The zero-order valence-corrected chi connectivity index (χ0v) is 10.5. The van der Waals surface area contributed by atoms with Crippen LogP contribution >= 0.6 is 11.3 Å². The smallest absolute Gasteiger partial charge is 0.232 e. The number of thiazole rings is 1. The summed E-state index contributed by atoms with van der Waals surface area (Å²) >= 11 is 1.49. The summed E-state index contributed by atoms with van der Waals surface area (Å²) in [5, 5.41) is 3.43. The summed E-state index contributed by atoms with van der Waals surface area (Å²) in [6.45, 7) is 3.92. The monoisotopic (exact) mass is 247 g/mol. The average molecular weight is 247 g/mol. The lowest BCUT2D eigenvalue weighted by Crippen LogP contribution is -2.14. The first-order chi connectivity index (χ1) is 8.15. The van der Waals surface area contributed by atoms with Gasteiger partial charge in [0.15, 0.2) is 5.13 Å². The van der Waals surface area contributed by atoms with E-state index in [9.17, 15) is 4.79 Å².